The van der Waals surface area contributed by atoms with Crippen LogP contribution in [0.15, 0.2) is 42.5 Å². The van der Waals surface area contributed by atoms with Crippen LogP contribution in [-0.2, 0) is 33.4 Å². The zero-order chi connectivity index (χ0) is 22.7. The van der Waals surface area contributed by atoms with Gasteiger partial charge in [-0.2, -0.15) is 0 Å². The van der Waals surface area contributed by atoms with E-state index >= 15 is 0 Å². The molecular formula is C25H31ClN2O3S. The first-order valence-electron chi connectivity index (χ1n) is 11.5. The summed E-state index contributed by atoms with van der Waals surface area (Å²) in [6.07, 6.45) is 6.10. The van der Waals surface area contributed by atoms with Crippen molar-refractivity contribution in [1.82, 2.24) is 9.62 Å². The van der Waals surface area contributed by atoms with Crippen LogP contribution in [0.25, 0.3) is 0 Å². The van der Waals surface area contributed by atoms with E-state index in [2.05, 4.69) is 23.5 Å². The number of nitrogens with zero attached hydrogens (tertiary/aromatic N) is 1. The quantitative estimate of drug-likeness (QED) is 0.663. The minimum atomic E-state index is -3.50. The maximum Gasteiger partial charge on any atom is 0.224 e. The summed E-state index contributed by atoms with van der Waals surface area (Å²) in [5.74, 6) is -0.477. The van der Waals surface area contributed by atoms with E-state index in [9.17, 15) is 13.2 Å². The Morgan fingerprint density at radius 3 is 2.56 bits per heavy atom. The number of piperidine rings is 1. The Hall–Kier alpha value is -1.89. The second-order valence-corrected chi connectivity index (χ2v) is 11.5. The molecule has 0 aromatic heterocycles. The summed E-state index contributed by atoms with van der Waals surface area (Å²) < 4.78 is 27.4. The zero-order valence-corrected chi connectivity index (χ0v) is 20.1. The Morgan fingerprint density at radius 2 is 1.81 bits per heavy atom. The number of hydrogen-bond acceptors (Lipinski definition) is 3. The summed E-state index contributed by atoms with van der Waals surface area (Å²) in [5, 5.41) is 3.70. The highest BCUT2D eigenvalue weighted by Gasteiger charge is 2.33. The van der Waals surface area contributed by atoms with Crippen molar-refractivity contribution in [1.29, 1.82) is 0 Å². The molecule has 1 saturated heterocycles. The molecule has 0 spiro atoms. The third-order valence-electron chi connectivity index (χ3n) is 6.64. The summed E-state index contributed by atoms with van der Waals surface area (Å²) in [7, 11) is -3.50. The predicted octanol–water partition coefficient (Wildman–Crippen LogP) is 4.64. The molecule has 0 saturated carbocycles. The van der Waals surface area contributed by atoms with Crippen LogP contribution < -0.4 is 5.32 Å². The Kier molecular flexibility index (Phi) is 7.23. The molecule has 2 aromatic rings. The van der Waals surface area contributed by atoms with Crippen LogP contribution in [0.2, 0.25) is 5.02 Å². The molecule has 2 atom stereocenters. The normalized spacial score (nSPS) is 20.4. The van der Waals surface area contributed by atoms with Gasteiger partial charge < -0.3 is 5.32 Å². The molecular weight excluding hydrogens is 444 g/mol. The molecule has 5 nitrogen and oxygen atoms in total. The molecule has 2 aliphatic rings. The highest BCUT2D eigenvalue weighted by Crippen LogP contribution is 2.26. The zero-order valence-electron chi connectivity index (χ0n) is 18.5. The third-order valence-corrected chi connectivity index (χ3v) is 8.71. The molecule has 1 N–H and O–H groups in total. The lowest BCUT2D eigenvalue weighted by molar-refractivity contribution is -0.126. The van der Waals surface area contributed by atoms with Crippen LogP contribution in [0.5, 0.6) is 0 Å². The first kappa shape index (κ1) is 23.3. The molecule has 1 fully saturated rings. The average Bonchev–Trinajstić information content (AvgIpc) is 2.80. The van der Waals surface area contributed by atoms with E-state index in [1.807, 2.05) is 6.92 Å². The van der Waals surface area contributed by atoms with Gasteiger partial charge in [-0.25, -0.2) is 12.7 Å². The summed E-state index contributed by atoms with van der Waals surface area (Å²) in [6, 6.07) is 13.3. The predicted molar refractivity (Wildman–Crippen MR) is 128 cm³/mol. The SMILES string of the molecule is CC(NC(=O)C1CCCN(S(=O)(=O)Cc2ccc(Cl)cc2)C1)c1ccc2c(c1)CCCC2. The van der Waals surface area contributed by atoms with E-state index in [-0.39, 0.29) is 30.2 Å². The molecule has 0 bridgehead atoms. The molecule has 1 heterocycles. The van der Waals surface area contributed by atoms with E-state index in [0.717, 1.165) is 18.4 Å². The minimum Gasteiger partial charge on any atom is -0.349 e. The van der Waals surface area contributed by atoms with Gasteiger partial charge in [0, 0.05) is 18.1 Å². The first-order chi connectivity index (χ1) is 15.3. The van der Waals surface area contributed by atoms with E-state index in [4.69, 9.17) is 11.6 Å². The second kappa shape index (κ2) is 9.94. The van der Waals surface area contributed by atoms with Crippen molar-refractivity contribution in [3.8, 4) is 0 Å². The van der Waals surface area contributed by atoms with Gasteiger partial charge >= 0.3 is 0 Å². The topological polar surface area (TPSA) is 66.5 Å². The highest BCUT2D eigenvalue weighted by atomic mass is 35.5. The number of aryl methyl sites for hydroxylation is 2. The van der Waals surface area contributed by atoms with E-state index in [1.54, 1.807) is 24.3 Å². The van der Waals surface area contributed by atoms with Gasteiger partial charge in [0.2, 0.25) is 15.9 Å². The number of carbonyl (C=O) groups excluding carboxylic acids is 1. The van der Waals surface area contributed by atoms with Gasteiger partial charge in [0.25, 0.3) is 0 Å². The number of halogens is 1. The largest absolute Gasteiger partial charge is 0.349 e. The van der Waals surface area contributed by atoms with Crippen LogP contribution in [0.3, 0.4) is 0 Å². The lowest BCUT2D eigenvalue weighted by Gasteiger charge is -2.32. The Labute approximate surface area is 196 Å². The molecule has 32 heavy (non-hydrogen) atoms. The van der Waals surface area contributed by atoms with Gasteiger partial charge in [-0.15, -0.1) is 0 Å². The van der Waals surface area contributed by atoms with Crippen molar-refractivity contribution >= 4 is 27.5 Å². The summed E-state index contributed by atoms with van der Waals surface area (Å²) in [4.78, 5) is 13.0. The van der Waals surface area contributed by atoms with E-state index in [1.165, 1.54) is 28.3 Å². The number of amides is 1. The fourth-order valence-corrected chi connectivity index (χ4v) is 6.47. The van der Waals surface area contributed by atoms with Crippen molar-refractivity contribution in [2.24, 2.45) is 5.92 Å². The van der Waals surface area contributed by atoms with Crippen LogP contribution >= 0.6 is 11.6 Å². The minimum absolute atomic E-state index is 0.0680. The lowest BCUT2D eigenvalue weighted by atomic mass is 9.89. The fraction of sp³-hybridized carbons (Fsp3) is 0.480. The molecule has 1 amide bonds. The van der Waals surface area contributed by atoms with Crippen molar-refractivity contribution in [2.75, 3.05) is 13.1 Å². The smallest absolute Gasteiger partial charge is 0.224 e. The number of fused-ring (bicyclic) bond motifs is 1. The summed E-state index contributed by atoms with van der Waals surface area (Å²) in [5.41, 5.74) is 4.63. The fourth-order valence-electron chi connectivity index (χ4n) is 4.73. The molecule has 1 aliphatic heterocycles. The third kappa shape index (κ3) is 5.53. The molecule has 7 heteroatoms. The number of nitrogens with one attached hydrogen (secondary N) is 1. The van der Waals surface area contributed by atoms with Gasteiger partial charge in [-0.1, -0.05) is 41.9 Å². The van der Waals surface area contributed by atoms with Gasteiger partial charge in [0.15, 0.2) is 0 Å². The molecule has 4 rings (SSSR count). The Morgan fingerprint density at radius 1 is 1.09 bits per heavy atom. The molecule has 2 unspecified atom stereocenters. The van der Waals surface area contributed by atoms with Crippen molar-refractivity contribution in [3.05, 3.63) is 69.7 Å². The Balaban J connectivity index is 1.38. The highest BCUT2D eigenvalue weighted by molar-refractivity contribution is 7.88. The molecule has 1 aliphatic carbocycles. The Bertz CT molecular complexity index is 1070. The first-order valence-corrected chi connectivity index (χ1v) is 13.4. The lowest BCUT2D eigenvalue weighted by Crippen LogP contribution is -2.46. The van der Waals surface area contributed by atoms with Gasteiger partial charge in [-0.05, 0) is 79.8 Å². The monoisotopic (exact) mass is 474 g/mol. The van der Waals surface area contributed by atoms with Crippen molar-refractivity contribution < 1.29 is 13.2 Å². The molecule has 0 radical (unpaired) electrons. The average molecular weight is 475 g/mol. The maximum atomic E-state index is 13.0. The number of hydrogen-bond donors (Lipinski definition) is 1. The van der Waals surface area contributed by atoms with Gasteiger partial charge in [-0.3, -0.25) is 4.79 Å². The number of carbonyl (C=O) groups is 1. The number of rotatable bonds is 6. The van der Waals surface area contributed by atoms with Crippen LogP contribution in [0, 0.1) is 5.92 Å². The van der Waals surface area contributed by atoms with Crippen molar-refractivity contribution in [3.63, 3.8) is 0 Å². The standard InChI is InChI=1S/C25H31ClN2O3S/c1-18(21-11-10-20-5-2-3-6-22(20)15-21)27-25(29)23-7-4-14-28(16-23)32(30,31)17-19-8-12-24(26)13-9-19/h8-13,15,18,23H,2-7,14,16-17H2,1H3,(H,27,29). The summed E-state index contributed by atoms with van der Waals surface area (Å²) in [6.45, 7) is 2.69. The molecule has 172 valence electrons. The van der Waals surface area contributed by atoms with Crippen LogP contribution in [0.4, 0.5) is 0 Å². The van der Waals surface area contributed by atoms with Crippen LogP contribution in [0.1, 0.15) is 60.9 Å². The van der Waals surface area contributed by atoms with E-state index in [0.29, 0.717) is 30.0 Å². The molecule has 2 aromatic carbocycles. The summed E-state index contributed by atoms with van der Waals surface area (Å²) >= 11 is 5.90. The van der Waals surface area contributed by atoms with Gasteiger partial charge in [0.05, 0.1) is 17.7 Å². The van der Waals surface area contributed by atoms with E-state index < -0.39 is 10.0 Å². The van der Waals surface area contributed by atoms with Crippen LogP contribution in [-0.4, -0.2) is 31.7 Å². The van der Waals surface area contributed by atoms with Gasteiger partial charge in [0.1, 0.15) is 0 Å². The maximum absolute atomic E-state index is 13.0. The van der Waals surface area contributed by atoms with Crippen molar-refractivity contribution in [2.45, 2.75) is 57.2 Å². The second-order valence-electron chi connectivity index (χ2n) is 9.05. The number of sulfonamides is 1. The number of benzene rings is 2.